The van der Waals surface area contributed by atoms with Gasteiger partial charge in [0.2, 0.25) is 11.8 Å². The predicted octanol–water partition coefficient (Wildman–Crippen LogP) is 1.06. The van der Waals surface area contributed by atoms with Crippen molar-refractivity contribution < 1.29 is 14.3 Å². The lowest BCUT2D eigenvalue weighted by Crippen LogP contribution is -2.52. The number of rotatable bonds is 6. The van der Waals surface area contributed by atoms with E-state index in [4.69, 9.17) is 4.74 Å². The molecule has 0 unspecified atom stereocenters. The molecule has 0 bridgehead atoms. The molecule has 7 nitrogen and oxygen atoms in total. The number of amides is 2. The Hall–Kier alpha value is -1.89. The summed E-state index contributed by atoms with van der Waals surface area (Å²) in [6.07, 6.45) is 1.95. The van der Waals surface area contributed by atoms with E-state index in [9.17, 15) is 9.59 Å². The molecule has 23 heavy (non-hydrogen) atoms. The van der Waals surface area contributed by atoms with E-state index >= 15 is 0 Å². The van der Waals surface area contributed by atoms with Gasteiger partial charge in [0.1, 0.15) is 0 Å². The zero-order valence-corrected chi connectivity index (χ0v) is 14.4. The molecular weight excluding hydrogens is 296 g/mol. The molecule has 2 N–H and O–H groups in total. The van der Waals surface area contributed by atoms with E-state index < -0.39 is 5.54 Å². The monoisotopic (exact) mass is 322 g/mol. The Kier molecular flexibility index (Phi) is 5.41. The molecule has 0 spiro atoms. The number of carbonyl (C=O) groups excluding carboxylic acids is 2. The van der Waals surface area contributed by atoms with Gasteiger partial charge in [0, 0.05) is 38.4 Å². The molecule has 2 amide bonds. The molecule has 1 saturated heterocycles. The third kappa shape index (κ3) is 3.72. The van der Waals surface area contributed by atoms with Crippen molar-refractivity contribution >= 4 is 11.8 Å². The summed E-state index contributed by atoms with van der Waals surface area (Å²) in [6, 6.07) is 0. The summed E-state index contributed by atoms with van der Waals surface area (Å²) in [5.74, 6) is -0.0796. The van der Waals surface area contributed by atoms with Crippen molar-refractivity contribution in [1.29, 1.82) is 0 Å². The SMILES string of the molecule is COC[C@]1(CC(=O)NCc2c(C)n[nH]c2C)CCCN1C(C)=O. The molecule has 2 heterocycles. The van der Waals surface area contributed by atoms with Gasteiger partial charge in [-0.3, -0.25) is 14.7 Å². The fraction of sp³-hybridized carbons (Fsp3) is 0.688. The number of aryl methyl sites for hydroxylation is 2. The topological polar surface area (TPSA) is 87.3 Å². The normalized spacial score (nSPS) is 20.8. The Morgan fingerprint density at radius 3 is 2.74 bits per heavy atom. The number of nitrogens with zero attached hydrogens (tertiary/aromatic N) is 2. The summed E-state index contributed by atoms with van der Waals surface area (Å²) in [4.78, 5) is 26.1. The van der Waals surface area contributed by atoms with Crippen LogP contribution < -0.4 is 5.32 Å². The van der Waals surface area contributed by atoms with Crippen LogP contribution in [0.5, 0.6) is 0 Å². The number of aromatic amines is 1. The number of hydrogen-bond donors (Lipinski definition) is 2. The molecule has 1 aromatic rings. The molecule has 1 atom stereocenters. The lowest BCUT2D eigenvalue weighted by atomic mass is 9.92. The molecule has 1 aliphatic rings. The second-order valence-electron chi connectivity index (χ2n) is 6.30. The number of carbonyl (C=O) groups is 2. The van der Waals surface area contributed by atoms with Crippen molar-refractivity contribution in [2.45, 2.75) is 52.1 Å². The molecule has 128 valence electrons. The van der Waals surface area contributed by atoms with E-state index in [1.165, 1.54) is 0 Å². The van der Waals surface area contributed by atoms with Crippen molar-refractivity contribution in [1.82, 2.24) is 20.4 Å². The molecule has 1 aromatic heterocycles. The minimum atomic E-state index is -0.523. The van der Waals surface area contributed by atoms with Crippen LogP contribution in [0.1, 0.15) is 43.1 Å². The van der Waals surface area contributed by atoms with Crippen molar-refractivity contribution in [2.24, 2.45) is 0 Å². The molecule has 7 heteroatoms. The van der Waals surface area contributed by atoms with Gasteiger partial charge >= 0.3 is 0 Å². The third-order valence-corrected chi connectivity index (χ3v) is 4.62. The third-order valence-electron chi connectivity index (χ3n) is 4.62. The van der Waals surface area contributed by atoms with Crippen molar-refractivity contribution in [3.05, 3.63) is 17.0 Å². The van der Waals surface area contributed by atoms with Crippen LogP contribution in [0.15, 0.2) is 0 Å². The smallest absolute Gasteiger partial charge is 0.222 e. The number of aromatic nitrogens is 2. The number of likely N-dealkylation sites (tertiary alicyclic amines) is 1. The highest BCUT2D eigenvalue weighted by Gasteiger charge is 2.44. The van der Waals surface area contributed by atoms with Crippen LogP contribution in [0.25, 0.3) is 0 Å². The zero-order chi connectivity index (χ0) is 17.0. The Morgan fingerprint density at radius 1 is 1.43 bits per heavy atom. The summed E-state index contributed by atoms with van der Waals surface area (Å²) in [7, 11) is 1.61. The Balaban J connectivity index is 2.02. The summed E-state index contributed by atoms with van der Waals surface area (Å²) < 4.78 is 5.31. The molecule has 0 aliphatic carbocycles. The highest BCUT2D eigenvalue weighted by molar-refractivity contribution is 5.80. The van der Waals surface area contributed by atoms with E-state index in [0.717, 1.165) is 29.8 Å². The second kappa shape index (κ2) is 7.12. The van der Waals surface area contributed by atoms with Crippen LogP contribution in [-0.4, -0.2) is 52.7 Å². The first kappa shape index (κ1) is 17.5. The van der Waals surface area contributed by atoms with Crippen LogP contribution in [0.3, 0.4) is 0 Å². The fourth-order valence-corrected chi connectivity index (χ4v) is 3.47. The first-order valence-electron chi connectivity index (χ1n) is 7.94. The molecule has 2 rings (SSSR count). The number of nitrogens with one attached hydrogen (secondary N) is 2. The molecule has 1 fully saturated rings. The average Bonchev–Trinajstić information content (AvgIpc) is 3.02. The van der Waals surface area contributed by atoms with Gasteiger partial charge in [-0.1, -0.05) is 0 Å². The van der Waals surface area contributed by atoms with Crippen molar-refractivity contribution in [3.63, 3.8) is 0 Å². The predicted molar refractivity (Wildman–Crippen MR) is 85.8 cm³/mol. The van der Waals surface area contributed by atoms with E-state index in [-0.39, 0.29) is 18.2 Å². The lowest BCUT2D eigenvalue weighted by Gasteiger charge is -2.37. The van der Waals surface area contributed by atoms with E-state index in [1.54, 1.807) is 18.9 Å². The summed E-state index contributed by atoms with van der Waals surface area (Å²) in [5, 5.41) is 9.98. The van der Waals surface area contributed by atoms with Crippen molar-refractivity contribution in [2.75, 3.05) is 20.3 Å². The average molecular weight is 322 g/mol. The second-order valence-corrected chi connectivity index (χ2v) is 6.30. The summed E-state index contributed by atoms with van der Waals surface area (Å²) in [6.45, 7) is 6.89. The first-order valence-corrected chi connectivity index (χ1v) is 7.94. The maximum atomic E-state index is 12.4. The minimum absolute atomic E-state index is 0.00567. The number of hydrogen-bond acceptors (Lipinski definition) is 4. The van der Waals surface area contributed by atoms with Crippen LogP contribution in [0.4, 0.5) is 0 Å². The fourth-order valence-electron chi connectivity index (χ4n) is 3.47. The Bertz CT molecular complexity index is 564. The molecular formula is C16H26N4O3. The molecule has 0 aromatic carbocycles. The summed E-state index contributed by atoms with van der Waals surface area (Å²) >= 11 is 0. The molecule has 0 radical (unpaired) electrons. The number of ether oxygens (including phenoxy) is 1. The largest absolute Gasteiger partial charge is 0.382 e. The maximum Gasteiger partial charge on any atom is 0.222 e. The van der Waals surface area contributed by atoms with Gasteiger partial charge in [-0.25, -0.2) is 0 Å². The van der Waals surface area contributed by atoms with Crippen LogP contribution in [0.2, 0.25) is 0 Å². The summed E-state index contributed by atoms with van der Waals surface area (Å²) in [5.41, 5.74) is 2.33. The van der Waals surface area contributed by atoms with Crippen molar-refractivity contribution in [3.8, 4) is 0 Å². The van der Waals surface area contributed by atoms with Gasteiger partial charge in [-0.2, -0.15) is 5.10 Å². The van der Waals surface area contributed by atoms with Gasteiger partial charge in [0.15, 0.2) is 0 Å². The standard InChI is InChI=1S/C16H26N4O3/c1-11-14(12(2)19-18-11)9-17-15(22)8-16(10-23-4)6-5-7-20(16)13(3)21/h5-10H2,1-4H3,(H,17,22)(H,18,19)/t16-/m1/s1. The van der Waals surface area contributed by atoms with E-state index in [1.807, 2.05) is 13.8 Å². The van der Waals surface area contributed by atoms with Crippen LogP contribution in [-0.2, 0) is 20.9 Å². The molecule has 1 aliphatic heterocycles. The maximum absolute atomic E-state index is 12.4. The van der Waals surface area contributed by atoms with Crippen LogP contribution in [0, 0.1) is 13.8 Å². The Morgan fingerprint density at radius 2 is 2.17 bits per heavy atom. The Labute approximate surface area is 136 Å². The van der Waals surface area contributed by atoms with Gasteiger partial charge in [0.25, 0.3) is 0 Å². The van der Waals surface area contributed by atoms with Gasteiger partial charge in [0.05, 0.1) is 24.3 Å². The quantitative estimate of drug-likeness (QED) is 0.820. The first-order chi connectivity index (χ1) is 10.9. The number of methoxy groups -OCH3 is 1. The highest BCUT2D eigenvalue weighted by atomic mass is 16.5. The van der Waals surface area contributed by atoms with E-state index in [0.29, 0.717) is 19.7 Å². The van der Waals surface area contributed by atoms with Gasteiger partial charge < -0.3 is 15.0 Å². The molecule has 0 saturated carbocycles. The van der Waals surface area contributed by atoms with Gasteiger partial charge in [-0.15, -0.1) is 0 Å². The minimum Gasteiger partial charge on any atom is -0.382 e. The van der Waals surface area contributed by atoms with E-state index in [2.05, 4.69) is 15.5 Å². The highest BCUT2D eigenvalue weighted by Crippen LogP contribution is 2.33. The lowest BCUT2D eigenvalue weighted by molar-refractivity contribution is -0.137. The van der Waals surface area contributed by atoms with Gasteiger partial charge in [-0.05, 0) is 26.7 Å². The number of H-pyrrole nitrogens is 1. The van der Waals surface area contributed by atoms with Crippen LogP contribution >= 0.6 is 0 Å². The zero-order valence-electron chi connectivity index (χ0n) is 14.4.